The zero-order valence-corrected chi connectivity index (χ0v) is 15.9. The van der Waals surface area contributed by atoms with Gasteiger partial charge in [0.05, 0.1) is 12.2 Å². The normalized spacial score (nSPS) is 16.2. The van der Waals surface area contributed by atoms with Gasteiger partial charge in [0.2, 0.25) is 6.10 Å². The molecule has 0 saturated carbocycles. The molecular formula is C20H16BrF3O3. The second kappa shape index (κ2) is 7.76. The number of fused-ring (bicyclic) bond motifs is 1. The summed E-state index contributed by atoms with van der Waals surface area (Å²) in [6.07, 6.45) is -5.35. The van der Waals surface area contributed by atoms with Gasteiger partial charge in [0.25, 0.3) is 0 Å². The molecule has 1 aliphatic heterocycles. The van der Waals surface area contributed by atoms with Crippen LogP contribution >= 0.6 is 15.9 Å². The zero-order valence-electron chi connectivity index (χ0n) is 14.3. The number of esters is 1. The molecule has 0 fully saturated rings. The van der Waals surface area contributed by atoms with Gasteiger partial charge in [-0.15, -0.1) is 0 Å². The van der Waals surface area contributed by atoms with Gasteiger partial charge in [0.1, 0.15) is 5.75 Å². The zero-order chi connectivity index (χ0) is 19.6. The lowest BCUT2D eigenvalue weighted by atomic mass is 9.98. The third kappa shape index (κ3) is 4.35. The minimum atomic E-state index is -4.73. The standard InChI is InChI=1S/C20H16BrF3O3/c1-2-26-19(25)15-11-14-8-7-12(9-13-5-3-4-6-16(13)21)10-17(14)27-18(15)20(22,23)24/h3-8,10-11,18H,2,9H2,1H3. The molecule has 1 atom stereocenters. The smallest absolute Gasteiger partial charge is 0.430 e. The number of rotatable bonds is 4. The summed E-state index contributed by atoms with van der Waals surface area (Å²) >= 11 is 3.46. The number of benzene rings is 2. The van der Waals surface area contributed by atoms with Crippen molar-refractivity contribution in [1.29, 1.82) is 0 Å². The van der Waals surface area contributed by atoms with Crippen LogP contribution in [0.1, 0.15) is 23.6 Å². The summed E-state index contributed by atoms with van der Waals surface area (Å²) in [5.41, 5.74) is 1.67. The summed E-state index contributed by atoms with van der Waals surface area (Å²) in [6, 6.07) is 12.6. The van der Waals surface area contributed by atoms with Crippen LogP contribution in [-0.2, 0) is 16.0 Å². The minimum Gasteiger partial charge on any atom is -0.475 e. The number of hydrogen-bond donors (Lipinski definition) is 0. The van der Waals surface area contributed by atoms with Gasteiger partial charge in [-0.25, -0.2) is 4.79 Å². The Morgan fingerprint density at radius 2 is 1.96 bits per heavy atom. The summed E-state index contributed by atoms with van der Waals surface area (Å²) < 4.78 is 51.1. The van der Waals surface area contributed by atoms with Crippen molar-refractivity contribution in [3.05, 3.63) is 69.2 Å². The number of ether oxygens (including phenoxy) is 2. The minimum absolute atomic E-state index is 0.0154. The van der Waals surface area contributed by atoms with E-state index in [2.05, 4.69) is 15.9 Å². The summed E-state index contributed by atoms with van der Waals surface area (Å²) in [7, 11) is 0. The van der Waals surface area contributed by atoms with Crippen LogP contribution in [0, 0.1) is 0 Å². The Hall–Kier alpha value is -2.28. The van der Waals surface area contributed by atoms with Crippen LogP contribution in [0.3, 0.4) is 0 Å². The van der Waals surface area contributed by atoms with Crippen LogP contribution in [-0.4, -0.2) is 24.9 Å². The lowest BCUT2D eigenvalue weighted by molar-refractivity contribution is -0.187. The van der Waals surface area contributed by atoms with E-state index in [9.17, 15) is 18.0 Å². The largest absolute Gasteiger partial charge is 0.475 e. The molecule has 1 unspecified atom stereocenters. The van der Waals surface area contributed by atoms with Gasteiger partial charge in [0.15, 0.2) is 0 Å². The Morgan fingerprint density at radius 3 is 2.63 bits per heavy atom. The van der Waals surface area contributed by atoms with E-state index in [0.717, 1.165) is 15.6 Å². The third-order valence-electron chi connectivity index (χ3n) is 4.08. The first kappa shape index (κ1) is 19.5. The van der Waals surface area contributed by atoms with E-state index in [0.29, 0.717) is 12.0 Å². The lowest BCUT2D eigenvalue weighted by Crippen LogP contribution is -2.40. The quantitative estimate of drug-likeness (QED) is 0.604. The molecule has 7 heteroatoms. The number of hydrogen-bond acceptors (Lipinski definition) is 3. The summed E-state index contributed by atoms with van der Waals surface area (Å²) in [5.74, 6) is -0.933. The molecule has 27 heavy (non-hydrogen) atoms. The Bertz CT molecular complexity index is 890. The lowest BCUT2D eigenvalue weighted by Gasteiger charge is -2.28. The topological polar surface area (TPSA) is 35.5 Å². The first-order valence-electron chi connectivity index (χ1n) is 8.28. The molecule has 0 saturated heterocycles. The van der Waals surface area contributed by atoms with E-state index >= 15 is 0 Å². The molecule has 0 spiro atoms. The Balaban J connectivity index is 1.95. The van der Waals surface area contributed by atoms with Gasteiger partial charge in [0, 0.05) is 10.0 Å². The maximum Gasteiger partial charge on any atom is 0.430 e. The van der Waals surface area contributed by atoms with E-state index in [1.54, 1.807) is 18.2 Å². The van der Waals surface area contributed by atoms with Crippen LogP contribution in [0.15, 0.2) is 52.5 Å². The van der Waals surface area contributed by atoms with Gasteiger partial charge in [-0.3, -0.25) is 0 Å². The molecule has 0 radical (unpaired) electrons. The fourth-order valence-corrected chi connectivity index (χ4v) is 3.25. The summed E-state index contributed by atoms with van der Waals surface area (Å²) in [5, 5.41) is 0. The molecule has 2 aromatic rings. The fraction of sp³-hybridized carbons (Fsp3) is 0.250. The maximum absolute atomic E-state index is 13.4. The first-order valence-corrected chi connectivity index (χ1v) is 9.07. The van der Waals surface area contributed by atoms with Crippen LogP contribution < -0.4 is 4.74 Å². The molecule has 0 N–H and O–H groups in total. The van der Waals surface area contributed by atoms with E-state index in [1.165, 1.54) is 13.0 Å². The van der Waals surface area contributed by atoms with Crippen molar-refractivity contribution < 1.29 is 27.4 Å². The van der Waals surface area contributed by atoms with E-state index in [-0.39, 0.29) is 12.4 Å². The molecule has 1 aliphatic rings. The molecule has 3 nitrogen and oxygen atoms in total. The Labute approximate surface area is 162 Å². The SMILES string of the molecule is CCOC(=O)C1=Cc2ccc(Cc3ccccc3Br)cc2OC1C(F)(F)F. The molecular weight excluding hydrogens is 425 g/mol. The van der Waals surface area contributed by atoms with Gasteiger partial charge >= 0.3 is 12.1 Å². The van der Waals surface area contributed by atoms with Crippen molar-refractivity contribution in [2.24, 2.45) is 0 Å². The van der Waals surface area contributed by atoms with E-state index in [1.807, 2.05) is 24.3 Å². The molecule has 3 rings (SSSR count). The van der Waals surface area contributed by atoms with Crippen molar-refractivity contribution in [2.75, 3.05) is 6.61 Å². The van der Waals surface area contributed by atoms with Crippen LogP contribution in [0.5, 0.6) is 5.75 Å². The predicted molar refractivity (Wildman–Crippen MR) is 98.5 cm³/mol. The maximum atomic E-state index is 13.4. The van der Waals surface area contributed by atoms with Gasteiger partial charge in [-0.2, -0.15) is 13.2 Å². The second-order valence-corrected chi connectivity index (χ2v) is 6.85. The van der Waals surface area contributed by atoms with Gasteiger partial charge in [-0.05, 0) is 42.7 Å². The van der Waals surface area contributed by atoms with Crippen LogP contribution in [0.4, 0.5) is 13.2 Å². The van der Waals surface area contributed by atoms with Crippen molar-refractivity contribution in [3.8, 4) is 5.75 Å². The summed E-state index contributed by atoms with van der Waals surface area (Å²) in [6.45, 7) is 1.52. The van der Waals surface area contributed by atoms with Crippen LogP contribution in [0.25, 0.3) is 6.08 Å². The van der Waals surface area contributed by atoms with Gasteiger partial charge < -0.3 is 9.47 Å². The predicted octanol–water partition coefficient (Wildman–Crippen LogP) is 5.31. The van der Waals surface area contributed by atoms with Crippen LogP contribution in [0.2, 0.25) is 0 Å². The van der Waals surface area contributed by atoms with Crippen molar-refractivity contribution in [1.82, 2.24) is 0 Å². The first-order chi connectivity index (χ1) is 12.8. The van der Waals surface area contributed by atoms with Gasteiger partial charge in [-0.1, -0.05) is 46.3 Å². The van der Waals surface area contributed by atoms with Crippen molar-refractivity contribution in [3.63, 3.8) is 0 Å². The highest BCUT2D eigenvalue weighted by Crippen LogP contribution is 2.38. The Kier molecular flexibility index (Phi) is 5.60. The van der Waals surface area contributed by atoms with Crippen molar-refractivity contribution in [2.45, 2.75) is 25.6 Å². The molecule has 1 heterocycles. The molecule has 2 aromatic carbocycles. The number of halogens is 4. The molecule has 0 aliphatic carbocycles. The molecule has 0 bridgehead atoms. The monoisotopic (exact) mass is 440 g/mol. The van der Waals surface area contributed by atoms with E-state index in [4.69, 9.17) is 9.47 Å². The third-order valence-corrected chi connectivity index (χ3v) is 4.85. The van der Waals surface area contributed by atoms with E-state index < -0.39 is 23.8 Å². The molecule has 0 aromatic heterocycles. The highest BCUT2D eigenvalue weighted by atomic mass is 79.9. The average molecular weight is 441 g/mol. The highest BCUT2D eigenvalue weighted by molar-refractivity contribution is 9.10. The number of carbonyl (C=O) groups excluding carboxylic acids is 1. The summed E-state index contributed by atoms with van der Waals surface area (Å²) in [4.78, 5) is 11.9. The van der Waals surface area contributed by atoms with Crippen molar-refractivity contribution >= 4 is 28.0 Å². The average Bonchev–Trinajstić information content (AvgIpc) is 2.62. The number of carbonyl (C=O) groups is 1. The molecule has 0 amide bonds. The molecule has 142 valence electrons. The fourth-order valence-electron chi connectivity index (χ4n) is 2.83. The number of alkyl halides is 3. The Morgan fingerprint density at radius 1 is 1.22 bits per heavy atom. The second-order valence-electron chi connectivity index (χ2n) is 6.00. The highest BCUT2D eigenvalue weighted by Gasteiger charge is 2.48.